The fourth-order valence-corrected chi connectivity index (χ4v) is 4.10. The number of piperazine rings is 1. The first-order valence-electron chi connectivity index (χ1n) is 6.60. The van der Waals surface area contributed by atoms with Crippen LogP contribution in [0, 0.1) is 0 Å². The van der Waals surface area contributed by atoms with Gasteiger partial charge in [0.25, 0.3) is 5.91 Å². The number of fused-ring (bicyclic) bond motifs is 1. The largest absolute Gasteiger partial charge is 0.336 e. The first-order chi connectivity index (χ1) is 9.56. The smallest absolute Gasteiger partial charge is 0.255 e. The Labute approximate surface area is 134 Å². The molecule has 0 aliphatic carbocycles. The van der Waals surface area contributed by atoms with Crippen molar-refractivity contribution in [1.29, 1.82) is 0 Å². The molecule has 2 amide bonds. The molecule has 1 aromatic carbocycles. The summed E-state index contributed by atoms with van der Waals surface area (Å²) in [5, 5.41) is 0. The number of rotatable bonds is 1. The summed E-state index contributed by atoms with van der Waals surface area (Å²) in [4.78, 5) is 28.0. The zero-order valence-electron chi connectivity index (χ0n) is 10.8. The maximum Gasteiger partial charge on any atom is 0.255 e. The molecule has 6 heteroatoms. The fraction of sp³-hybridized carbons (Fsp3) is 0.429. The van der Waals surface area contributed by atoms with Gasteiger partial charge in [0, 0.05) is 41.0 Å². The van der Waals surface area contributed by atoms with E-state index in [-0.39, 0.29) is 17.9 Å². The van der Waals surface area contributed by atoms with Crippen LogP contribution in [0.2, 0.25) is 0 Å². The standard InChI is InChI=1S/C14H14Br2N2O2/c15-9-1-3-11(12(16)7-9)14(20)17-5-6-18-10(8-17)2-4-13(18)19/h1,3,7,10H,2,4-6,8H2. The lowest BCUT2D eigenvalue weighted by atomic mass is 10.1. The summed E-state index contributed by atoms with van der Waals surface area (Å²) in [6.45, 7) is 1.92. The molecule has 0 N–H and O–H groups in total. The second kappa shape index (κ2) is 5.48. The molecular formula is C14H14Br2N2O2. The van der Waals surface area contributed by atoms with E-state index in [9.17, 15) is 9.59 Å². The van der Waals surface area contributed by atoms with E-state index < -0.39 is 0 Å². The molecule has 4 nitrogen and oxygen atoms in total. The van der Waals surface area contributed by atoms with Crippen molar-refractivity contribution in [3.05, 3.63) is 32.7 Å². The summed E-state index contributed by atoms with van der Waals surface area (Å²) in [7, 11) is 0. The van der Waals surface area contributed by atoms with Crippen LogP contribution in [-0.2, 0) is 4.79 Å². The number of halogens is 2. The molecule has 2 heterocycles. The number of hydrogen-bond donors (Lipinski definition) is 0. The molecule has 2 saturated heterocycles. The van der Waals surface area contributed by atoms with Crippen LogP contribution in [0.15, 0.2) is 27.1 Å². The molecule has 0 spiro atoms. The number of benzene rings is 1. The molecule has 1 aromatic rings. The predicted octanol–water partition coefficient (Wildman–Crippen LogP) is 2.66. The maximum atomic E-state index is 12.6. The van der Waals surface area contributed by atoms with Crippen LogP contribution in [0.25, 0.3) is 0 Å². The van der Waals surface area contributed by atoms with Crippen molar-refractivity contribution < 1.29 is 9.59 Å². The van der Waals surface area contributed by atoms with E-state index in [0.717, 1.165) is 15.4 Å². The highest BCUT2D eigenvalue weighted by Gasteiger charge is 2.37. The molecular weight excluding hydrogens is 388 g/mol. The number of hydrogen-bond acceptors (Lipinski definition) is 2. The summed E-state index contributed by atoms with van der Waals surface area (Å²) in [5.74, 6) is 0.260. The Kier molecular flexibility index (Phi) is 3.86. The van der Waals surface area contributed by atoms with Gasteiger partial charge in [-0.1, -0.05) is 15.9 Å². The second-order valence-electron chi connectivity index (χ2n) is 5.15. The van der Waals surface area contributed by atoms with Gasteiger partial charge in [-0.3, -0.25) is 9.59 Å². The van der Waals surface area contributed by atoms with Crippen molar-refractivity contribution in [3.63, 3.8) is 0 Å². The molecule has 1 unspecified atom stereocenters. The number of carbonyl (C=O) groups excluding carboxylic acids is 2. The van der Waals surface area contributed by atoms with Crippen molar-refractivity contribution in [2.45, 2.75) is 18.9 Å². The predicted molar refractivity (Wildman–Crippen MR) is 82.5 cm³/mol. The minimum absolute atomic E-state index is 0.0309. The highest BCUT2D eigenvalue weighted by atomic mass is 79.9. The minimum Gasteiger partial charge on any atom is -0.336 e. The molecule has 2 aliphatic heterocycles. The summed E-state index contributed by atoms with van der Waals surface area (Å²) in [5.41, 5.74) is 0.672. The van der Waals surface area contributed by atoms with Gasteiger partial charge in [-0.25, -0.2) is 0 Å². The van der Waals surface area contributed by atoms with E-state index in [1.165, 1.54) is 0 Å². The first kappa shape index (κ1) is 14.1. The van der Waals surface area contributed by atoms with E-state index >= 15 is 0 Å². The normalized spacial score (nSPS) is 22.1. The van der Waals surface area contributed by atoms with Crippen molar-refractivity contribution in [2.24, 2.45) is 0 Å². The minimum atomic E-state index is 0.0309. The number of amides is 2. The van der Waals surface area contributed by atoms with Crippen LogP contribution in [0.5, 0.6) is 0 Å². The van der Waals surface area contributed by atoms with Gasteiger partial charge in [0.05, 0.1) is 5.56 Å². The van der Waals surface area contributed by atoms with Crippen molar-refractivity contribution >= 4 is 43.7 Å². The Morgan fingerprint density at radius 1 is 1.25 bits per heavy atom. The molecule has 2 aliphatic rings. The summed E-state index contributed by atoms with van der Waals surface area (Å²) in [6, 6.07) is 5.77. The van der Waals surface area contributed by atoms with Gasteiger partial charge < -0.3 is 9.80 Å². The second-order valence-corrected chi connectivity index (χ2v) is 6.92. The molecule has 20 heavy (non-hydrogen) atoms. The zero-order chi connectivity index (χ0) is 14.3. The average molecular weight is 402 g/mol. The third-order valence-corrected chi connectivity index (χ3v) is 5.09. The third kappa shape index (κ3) is 2.51. The van der Waals surface area contributed by atoms with Crippen LogP contribution in [0.3, 0.4) is 0 Å². The summed E-state index contributed by atoms with van der Waals surface area (Å²) >= 11 is 6.82. The van der Waals surface area contributed by atoms with Gasteiger partial charge in [0.2, 0.25) is 5.91 Å². The van der Waals surface area contributed by atoms with Gasteiger partial charge >= 0.3 is 0 Å². The Hall–Kier alpha value is -0.880. The lowest BCUT2D eigenvalue weighted by Gasteiger charge is -2.37. The van der Waals surface area contributed by atoms with E-state index in [0.29, 0.717) is 31.6 Å². The molecule has 0 radical (unpaired) electrons. The Morgan fingerprint density at radius 3 is 2.80 bits per heavy atom. The molecule has 0 saturated carbocycles. The molecule has 0 aromatic heterocycles. The van der Waals surface area contributed by atoms with Crippen molar-refractivity contribution in [3.8, 4) is 0 Å². The third-order valence-electron chi connectivity index (χ3n) is 3.94. The molecule has 3 rings (SSSR count). The van der Waals surface area contributed by atoms with E-state index in [1.807, 2.05) is 28.0 Å². The first-order valence-corrected chi connectivity index (χ1v) is 8.18. The van der Waals surface area contributed by atoms with Crippen LogP contribution >= 0.6 is 31.9 Å². The summed E-state index contributed by atoms with van der Waals surface area (Å²) in [6.07, 6.45) is 1.48. The van der Waals surface area contributed by atoms with Gasteiger partial charge in [0.1, 0.15) is 0 Å². The topological polar surface area (TPSA) is 40.6 Å². The average Bonchev–Trinajstić information content (AvgIpc) is 2.79. The number of nitrogens with zero attached hydrogens (tertiary/aromatic N) is 2. The van der Waals surface area contributed by atoms with Gasteiger partial charge in [-0.2, -0.15) is 0 Å². The van der Waals surface area contributed by atoms with E-state index in [4.69, 9.17) is 0 Å². The maximum absolute atomic E-state index is 12.6. The zero-order valence-corrected chi connectivity index (χ0v) is 14.0. The Balaban J connectivity index is 1.77. The molecule has 2 fully saturated rings. The summed E-state index contributed by atoms with van der Waals surface area (Å²) < 4.78 is 1.73. The number of carbonyl (C=O) groups is 2. The van der Waals surface area contributed by atoms with Crippen molar-refractivity contribution in [2.75, 3.05) is 19.6 Å². The van der Waals surface area contributed by atoms with Gasteiger partial charge in [0.15, 0.2) is 0 Å². The van der Waals surface area contributed by atoms with Crippen LogP contribution in [0.4, 0.5) is 0 Å². The monoisotopic (exact) mass is 400 g/mol. The van der Waals surface area contributed by atoms with Gasteiger partial charge in [-0.05, 0) is 40.5 Å². The van der Waals surface area contributed by atoms with Crippen LogP contribution in [-0.4, -0.2) is 47.3 Å². The highest BCUT2D eigenvalue weighted by Crippen LogP contribution is 2.27. The van der Waals surface area contributed by atoms with Crippen LogP contribution < -0.4 is 0 Å². The van der Waals surface area contributed by atoms with E-state index in [2.05, 4.69) is 31.9 Å². The van der Waals surface area contributed by atoms with E-state index in [1.54, 1.807) is 0 Å². The lowest BCUT2D eigenvalue weighted by molar-refractivity contribution is -0.130. The highest BCUT2D eigenvalue weighted by molar-refractivity contribution is 9.11. The Morgan fingerprint density at radius 2 is 2.05 bits per heavy atom. The SMILES string of the molecule is O=C(c1ccc(Br)cc1Br)N1CCN2C(=O)CCC2C1. The molecule has 106 valence electrons. The lowest BCUT2D eigenvalue weighted by Crippen LogP contribution is -2.53. The van der Waals surface area contributed by atoms with Crippen molar-refractivity contribution in [1.82, 2.24) is 9.80 Å². The molecule has 0 bridgehead atoms. The quantitative estimate of drug-likeness (QED) is 0.725. The Bertz CT molecular complexity index is 576. The van der Waals surface area contributed by atoms with Gasteiger partial charge in [-0.15, -0.1) is 0 Å². The van der Waals surface area contributed by atoms with Crippen LogP contribution in [0.1, 0.15) is 23.2 Å². The molecule has 1 atom stereocenters. The fourth-order valence-electron chi connectivity index (χ4n) is 2.88.